The molecular weight excluding hydrogens is 420 g/mol. The molecule has 1 saturated heterocycles. The molecule has 28 heavy (non-hydrogen) atoms. The minimum atomic E-state index is 0.139. The zero-order valence-electron chi connectivity index (χ0n) is 16.1. The smallest absolute Gasteiger partial charge is 0.236 e. The molecule has 0 unspecified atom stereocenters. The molecule has 1 atom stereocenters. The number of likely N-dealkylation sites (N-methyl/N-ethyl adjacent to an activating group) is 1. The number of carbonyl (C=O) groups excluding carboxylic acids is 1. The summed E-state index contributed by atoms with van der Waals surface area (Å²) in [5.74, 6) is 1.76. The Hall–Kier alpha value is -2.05. The fourth-order valence-electron chi connectivity index (χ4n) is 3.92. The molecule has 0 N–H and O–H groups in total. The third kappa shape index (κ3) is 4.18. The fourth-order valence-corrected chi connectivity index (χ4v) is 4.34. The molecule has 2 aliphatic heterocycles. The zero-order valence-corrected chi connectivity index (χ0v) is 17.7. The summed E-state index contributed by atoms with van der Waals surface area (Å²) < 4.78 is 12.4. The summed E-state index contributed by atoms with van der Waals surface area (Å²) in [5, 5.41) is 0. The molecule has 0 aromatic heterocycles. The number of benzene rings is 2. The van der Waals surface area contributed by atoms with E-state index < -0.39 is 0 Å². The van der Waals surface area contributed by atoms with E-state index in [0.29, 0.717) is 26.3 Å². The summed E-state index contributed by atoms with van der Waals surface area (Å²) in [6.45, 7) is 3.15. The van der Waals surface area contributed by atoms with E-state index in [1.54, 1.807) is 4.90 Å². The van der Waals surface area contributed by atoms with Gasteiger partial charge in [-0.3, -0.25) is 9.69 Å². The Morgan fingerprint density at radius 1 is 1.18 bits per heavy atom. The number of halogens is 1. The van der Waals surface area contributed by atoms with Gasteiger partial charge in [0.05, 0.1) is 6.54 Å². The third-order valence-corrected chi connectivity index (χ3v) is 6.22. The van der Waals surface area contributed by atoms with E-state index in [1.807, 2.05) is 37.4 Å². The quantitative estimate of drug-likeness (QED) is 0.698. The Morgan fingerprint density at radius 3 is 2.79 bits per heavy atom. The van der Waals surface area contributed by atoms with Crippen molar-refractivity contribution in [3.05, 3.63) is 58.1 Å². The molecule has 0 bridgehead atoms. The summed E-state index contributed by atoms with van der Waals surface area (Å²) >= 11 is 3.56. The van der Waals surface area contributed by atoms with Gasteiger partial charge in [0.25, 0.3) is 0 Å². The number of ether oxygens (including phenoxy) is 2. The Kier molecular flexibility index (Phi) is 5.87. The van der Waals surface area contributed by atoms with Gasteiger partial charge >= 0.3 is 0 Å². The van der Waals surface area contributed by atoms with E-state index >= 15 is 0 Å². The van der Waals surface area contributed by atoms with Gasteiger partial charge in [-0.2, -0.15) is 0 Å². The van der Waals surface area contributed by atoms with Crippen LogP contribution in [0.1, 0.15) is 30.0 Å². The number of hydrogen-bond acceptors (Lipinski definition) is 4. The monoisotopic (exact) mass is 444 g/mol. The third-order valence-electron chi connectivity index (χ3n) is 5.44. The average Bonchev–Trinajstić information content (AvgIpc) is 3.17. The van der Waals surface area contributed by atoms with Crippen molar-refractivity contribution in [2.75, 3.05) is 33.4 Å². The highest BCUT2D eigenvalue weighted by Gasteiger charge is 2.29. The first-order valence-corrected chi connectivity index (χ1v) is 10.5. The molecule has 2 heterocycles. The first-order valence-electron chi connectivity index (χ1n) is 9.73. The number of hydrogen-bond donors (Lipinski definition) is 0. The molecule has 148 valence electrons. The molecule has 6 heteroatoms. The van der Waals surface area contributed by atoms with Crippen LogP contribution in [0.3, 0.4) is 0 Å². The van der Waals surface area contributed by atoms with Crippen LogP contribution in [-0.4, -0.2) is 49.1 Å². The molecule has 4 rings (SSSR count). The molecule has 2 aromatic rings. The summed E-state index contributed by atoms with van der Waals surface area (Å²) in [4.78, 5) is 16.9. The zero-order chi connectivity index (χ0) is 19.5. The van der Waals surface area contributed by atoms with Crippen LogP contribution in [0.4, 0.5) is 0 Å². The van der Waals surface area contributed by atoms with Crippen molar-refractivity contribution in [1.82, 2.24) is 9.80 Å². The van der Waals surface area contributed by atoms with E-state index in [1.165, 1.54) is 5.56 Å². The lowest BCUT2D eigenvalue weighted by molar-refractivity contribution is -0.131. The van der Waals surface area contributed by atoms with Crippen molar-refractivity contribution in [1.29, 1.82) is 0 Å². The van der Waals surface area contributed by atoms with Crippen LogP contribution in [0, 0.1) is 0 Å². The van der Waals surface area contributed by atoms with Crippen LogP contribution in [0.15, 0.2) is 46.9 Å². The summed E-state index contributed by atoms with van der Waals surface area (Å²) in [5.41, 5.74) is 2.31. The lowest BCUT2D eigenvalue weighted by Gasteiger charge is -2.28. The van der Waals surface area contributed by atoms with Crippen molar-refractivity contribution in [2.45, 2.75) is 25.4 Å². The maximum absolute atomic E-state index is 12.8. The second-order valence-electron chi connectivity index (χ2n) is 7.37. The van der Waals surface area contributed by atoms with Crippen LogP contribution >= 0.6 is 15.9 Å². The second kappa shape index (κ2) is 8.53. The van der Waals surface area contributed by atoms with Crippen LogP contribution in [-0.2, 0) is 11.3 Å². The van der Waals surface area contributed by atoms with E-state index in [9.17, 15) is 4.79 Å². The summed E-state index contributed by atoms with van der Waals surface area (Å²) in [6.07, 6.45) is 2.15. The van der Waals surface area contributed by atoms with Crippen LogP contribution in [0.5, 0.6) is 11.5 Å². The highest BCUT2D eigenvalue weighted by atomic mass is 79.9. The number of carbonyl (C=O) groups is 1. The highest BCUT2D eigenvalue weighted by molar-refractivity contribution is 9.10. The van der Waals surface area contributed by atoms with Gasteiger partial charge in [-0.05, 0) is 48.7 Å². The van der Waals surface area contributed by atoms with Gasteiger partial charge in [0.15, 0.2) is 11.5 Å². The minimum absolute atomic E-state index is 0.139. The molecule has 0 aliphatic carbocycles. The van der Waals surface area contributed by atoms with Crippen molar-refractivity contribution in [3.63, 3.8) is 0 Å². The second-order valence-corrected chi connectivity index (χ2v) is 8.23. The first kappa shape index (κ1) is 19.3. The van der Waals surface area contributed by atoms with Crippen LogP contribution in [0.2, 0.25) is 0 Å². The van der Waals surface area contributed by atoms with E-state index in [4.69, 9.17) is 9.47 Å². The van der Waals surface area contributed by atoms with E-state index in [-0.39, 0.29) is 11.9 Å². The van der Waals surface area contributed by atoms with Gasteiger partial charge in [0.1, 0.15) is 13.2 Å². The average molecular weight is 445 g/mol. The molecule has 0 radical (unpaired) electrons. The lowest BCUT2D eigenvalue weighted by atomic mass is 10.0. The van der Waals surface area contributed by atoms with Gasteiger partial charge in [-0.1, -0.05) is 40.2 Å². The van der Waals surface area contributed by atoms with Gasteiger partial charge in [0.2, 0.25) is 5.91 Å². The SMILES string of the molecule is CN(Cc1ccccc1Br)C(=O)CN1CCC[C@H]1c1ccc2c(c1)OCCO2. The summed E-state index contributed by atoms with van der Waals surface area (Å²) in [7, 11) is 1.87. The maximum Gasteiger partial charge on any atom is 0.236 e. The molecule has 2 aromatic carbocycles. The minimum Gasteiger partial charge on any atom is -0.486 e. The van der Waals surface area contributed by atoms with Crippen LogP contribution in [0.25, 0.3) is 0 Å². The predicted octanol–water partition coefficient (Wildman–Crippen LogP) is 4.02. The number of rotatable bonds is 5. The molecule has 1 amide bonds. The highest BCUT2D eigenvalue weighted by Crippen LogP contribution is 2.38. The fraction of sp³-hybridized carbons (Fsp3) is 0.409. The molecule has 1 fully saturated rings. The summed E-state index contributed by atoms with van der Waals surface area (Å²) in [6, 6.07) is 14.4. The molecule has 0 spiro atoms. The van der Waals surface area contributed by atoms with Crippen molar-refractivity contribution in [2.24, 2.45) is 0 Å². The largest absolute Gasteiger partial charge is 0.486 e. The van der Waals surface area contributed by atoms with Crippen molar-refractivity contribution in [3.8, 4) is 11.5 Å². The van der Waals surface area contributed by atoms with Crippen molar-refractivity contribution < 1.29 is 14.3 Å². The van der Waals surface area contributed by atoms with Crippen LogP contribution < -0.4 is 9.47 Å². The molecular formula is C22H25BrN2O3. The van der Waals surface area contributed by atoms with Crippen molar-refractivity contribution >= 4 is 21.8 Å². The Bertz CT molecular complexity index is 857. The number of nitrogens with zero attached hydrogens (tertiary/aromatic N) is 2. The number of likely N-dealkylation sites (tertiary alicyclic amines) is 1. The standard InChI is InChI=1S/C22H25BrN2O3/c1-24(14-17-5-2-3-6-18(17)23)22(26)15-25-10-4-7-19(25)16-8-9-20-21(13-16)28-12-11-27-20/h2-3,5-6,8-9,13,19H,4,7,10-12,14-15H2,1H3/t19-/m0/s1. The Labute approximate surface area is 174 Å². The number of amides is 1. The Balaban J connectivity index is 1.42. The van der Waals surface area contributed by atoms with Gasteiger partial charge < -0.3 is 14.4 Å². The Morgan fingerprint density at radius 2 is 1.96 bits per heavy atom. The first-order chi connectivity index (χ1) is 13.6. The molecule has 0 saturated carbocycles. The van der Waals surface area contributed by atoms with Gasteiger partial charge in [0, 0.05) is 24.1 Å². The molecule has 2 aliphatic rings. The van der Waals surface area contributed by atoms with Gasteiger partial charge in [-0.15, -0.1) is 0 Å². The normalized spacial score (nSPS) is 18.9. The maximum atomic E-state index is 12.8. The predicted molar refractivity (Wildman–Crippen MR) is 112 cm³/mol. The number of fused-ring (bicyclic) bond motifs is 1. The molecule has 5 nitrogen and oxygen atoms in total. The van der Waals surface area contributed by atoms with E-state index in [0.717, 1.165) is 40.9 Å². The topological polar surface area (TPSA) is 42.0 Å². The van der Waals surface area contributed by atoms with Gasteiger partial charge in [-0.25, -0.2) is 0 Å². The van der Waals surface area contributed by atoms with E-state index in [2.05, 4.69) is 33.0 Å². The lowest BCUT2D eigenvalue weighted by Crippen LogP contribution is -2.37.